The molecule has 1 amide bonds. The first-order valence-corrected chi connectivity index (χ1v) is 6.91. The summed E-state index contributed by atoms with van der Waals surface area (Å²) in [7, 11) is 1.68. The molecule has 0 spiro atoms. The average Bonchev–Trinajstić information content (AvgIpc) is 2.94. The van der Waals surface area contributed by atoms with Crippen molar-refractivity contribution in [2.45, 2.75) is 38.0 Å². The SMILES string of the molecule is CC(c1ccccc1F)N(C)C(=O)[C@@H]1CC[C@H](CN)O1.Cl. The molecule has 118 valence electrons. The van der Waals surface area contributed by atoms with Gasteiger partial charge in [0.25, 0.3) is 5.91 Å². The number of benzene rings is 1. The zero-order valence-corrected chi connectivity index (χ0v) is 13.1. The van der Waals surface area contributed by atoms with Gasteiger partial charge in [-0.05, 0) is 25.8 Å². The Kier molecular flexibility index (Phi) is 6.58. The Bertz CT molecular complexity index is 486. The van der Waals surface area contributed by atoms with Gasteiger partial charge in [0, 0.05) is 19.2 Å². The van der Waals surface area contributed by atoms with E-state index in [0.29, 0.717) is 18.5 Å². The maximum atomic E-state index is 13.8. The van der Waals surface area contributed by atoms with Crippen LogP contribution in [0.3, 0.4) is 0 Å². The third kappa shape index (κ3) is 3.93. The number of carbonyl (C=O) groups excluding carboxylic acids is 1. The van der Waals surface area contributed by atoms with Gasteiger partial charge >= 0.3 is 0 Å². The summed E-state index contributed by atoms with van der Waals surface area (Å²) in [4.78, 5) is 13.9. The fourth-order valence-corrected chi connectivity index (χ4v) is 2.50. The van der Waals surface area contributed by atoms with Crippen molar-refractivity contribution in [3.05, 3.63) is 35.6 Å². The van der Waals surface area contributed by atoms with Crippen molar-refractivity contribution in [2.75, 3.05) is 13.6 Å². The molecule has 1 aromatic rings. The lowest BCUT2D eigenvalue weighted by atomic mass is 10.1. The predicted octanol–water partition coefficient (Wildman–Crippen LogP) is 2.27. The highest BCUT2D eigenvalue weighted by atomic mass is 35.5. The van der Waals surface area contributed by atoms with Crippen molar-refractivity contribution in [2.24, 2.45) is 5.73 Å². The number of likely N-dealkylation sites (N-methyl/N-ethyl adjacent to an activating group) is 1. The Labute approximate surface area is 130 Å². The Morgan fingerprint density at radius 1 is 1.48 bits per heavy atom. The number of amides is 1. The van der Waals surface area contributed by atoms with Crippen molar-refractivity contribution in [3.8, 4) is 0 Å². The summed E-state index contributed by atoms with van der Waals surface area (Å²) in [6, 6.07) is 6.18. The third-order valence-corrected chi connectivity index (χ3v) is 3.93. The number of hydrogen-bond donors (Lipinski definition) is 1. The molecule has 1 aliphatic heterocycles. The summed E-state index contributed by atoms with van der Waals surface area (Å²) >= 11 is 0. The molecular weight excluding hydrogens is 295 g/mol. The molecule has 1 unspecified atom stereocenters. The second-order valence-electron chi connectivity index (χ2n) is 5.21. The fourth-order valence-electron chi connectivity index (χ4n) is 2.50. The molecule has 1 heterocycles. The number of nitrogens with zero attached hydrogens (tertiary/aromatic N) is 1. The molecule has 0 saturated carbocycles. The van der Waals surface area contributed by atoms with Crippen LogP contribution in [0, 0.1) is 5.82 Å². The van der Waals surface area contributed by atoms with Crippen molar-refractivity contribution in [3.63, 3.8) is 0 Å². The van der Waals surface area contributed by atoms with E-state index >= 15 is 0 Å². The van der Waals surface area contributed by atoms with Crippen molar-refractivity contribution in [1.82, 2.24) is 4.90 Å². The maximum Gasteiger partial charge on any atom is 0.251 e. The van der Waals surface area contributed by atoms with Gasteiger partial charge in [0.15, 0.2) is 0 Å². The van der Waals surface area contributed by atoms with Gasteiger partial charge in [-0.1, -0.05) is 18.2 Å². The van der Waals surface area contributed by atoms with Crippen molar-refractivity contribution < 1.29 is 13.9 Å². The van der Waals surface area contributed by atoms with E-state index in [2.05, 4.69) is 0 Å². The van der Waals surface area contributed by atoms with Crippen LogP contribution in [-0.2, 0) is 9.53 Å². The lowest BCUT2D eigenvalue weighted by Crippen LogP contribution is -2.38. The smallest absolute Gasteiger partial charge is 0.251 e. The molecule has 21 heavy (non-hydrogen) atoms. The van der Waals surface area contributed by atoms with Gasteiger partial charge in [-0.2, -0.15) is 0 Å². The van der Waals surface area contributed by atoms with Crippen LogP contribution in [0.2, 0.25) is 0 Å². The highest BCUT2D eigenvalue weighted by Gasteiger charge is 2.33. The molecule has 0 radical (unpaired) electrons. The molecule has 1 saturated heterocycles. The average molecular weight is 317 g/mol. The second-order valence-corrected chi connectivity index (χ2v) is 5.21. The first kappa shape index (κ1) is 17.9. The van der Waals surface area contributed by atoms with Crippen LogP contribution in [0.4, 0.5) is 4.39 Å². The van der Waals surface area contributed by atoms with E-state index in [1.54, 1.807) is 30.1 Å². The van der Waals surface area contributed by atoms with Gasteiger partial charge in [-0.3, -0.25) is 4.79 Å². The summed E-state index contributed by atoms with van der Waals surface area (Å²) < 4.78 is 19.4. The first-order chi connectivity index (χ1) is 9.54. The normalized spacial score (nSPS) is 22.5. The van der Waals surface area contributed by atoms with Crippen LogP contribution >= 0.6 is 12.4 Å². The minimum Gasteiger partial charge on any atom is -0.364 e. The Balaban J connectivity index is 0.00000220. The van der Waals surface area contributed by atoms with Crippen molar-refractivity contribution >= 4 is 18.3 Å². The molecule has 0 bridgehead atoms. The standard InChI is InChI=1S/C15H21FN2O2.ClH/c1-10(12-5-3-4-6-13(12)16)18(2)15(19)14-8-7-11(9-17)20-14;/h3-6,10-11,14H,7-9,17H2,1-2H3;1H/t10?,11-,14+;/m1./s1. The van der Waals surface area contributed by atoms with Gasteiger partial charge in [-0.15, -0.1) is 12.4 Å². The summed E-state index contributed by atoms with van der Waals surface area (Å²) in [5.41, 5.74) is 6.05. The Hall–Kier alpha value is -1.17. The zero-order valence-electron chi connectivity index (χ0n) is 12.3. The number of nitrogens with two attached hydrogens (primary N) is 1. The fraction of sp³-hybridized carbons (Fsp3) is 0.533. The lowest BCUT2D eigenvalue weighted by molar-refractivity contribution is -0.143. The molecule has 6 heteroatoms. The molecule has 0 aliphatic carbocycles. The highest BCUT2D eigenvalue weighted by Crippen LogP contribution is 2.26. The number of ether oxygens (including phenoxy) is 1. The van der Waals surface area contributed by atoms with Crippen LogP contribution in [0.5, 0.6) is 0 Å². The van der Waals surface area contributed by atoms with Gasteiger partial charge in [0.05, 0.1) is 12.1 Å². The van der Waals surface area contributed by atoms with Crippen LogP contribution < -0.4 is 5.73 Å². The van der Waals surface area contributed by atoms with Crippen LogP contribution in [0.15, 0.2) is 24.3 Å². The number of hydrogen-bond acceptors (Lipinski definition) is 3. The summed E-state index contributed by atoms with van der Waals surface area (Å²) in [5.74, 6) is -0.413. The van der Waals surface area contributed by atoms with Crippen LogP contribution in [-0.4, -0.2) is 36.6 Å². The minimum atomic E-state index is -0.456. The molecule has 4 nitrogen and oxygen atoms in total. The quantitative estimate of drug-likeness (QED) is 0.927. The summed E-state index contributed by atoms with van der Waals surface area (Å²) in [6.07, 6.45) is 0.980. The molecular formula is C15H22ClFN2O2. The monoisotopic (exact) mass is 316 g/mol. The van der Waals surface area contributed by atoms with Crippen molar-refractivity contribution in [1.29, 1.82) is 0 Å². The van der Waals surface area contributed by atoms with Gasteiger partial charge in [0.2, 0.25) is 0 Å². The lowest BCUT2D eigenvalue weighted by Gasteiger charge is -2.28. The summed E-state index contributed by atoms with van der Waals surface area (Å²) in [6.45, 7) is 2.24. The maximum absolute atomic E-state index is 13.8. The van der Waals surface area contributed by atoms with Gasteiger partial charge < -0.3 is 15.4 Å². The van der Waals surface area contributed by atoms with E-state index in [1.165, 1.54) is 6.07 Å². The molecule has 1 aromatic carbocycles. The molecule has 1 fully saturated rings. The largest absolute Gasteiger partial charge is 0.364 e. The molecule has 0 aromatic heterocycles. The first-order valence-electron chi connectivity index (χ1n) is 6.91. The van der Waals surface area contributed by atoms with E-state index < -0.39 is 6.10 Å². The second kappa shape index (κ2) is 7.73. The highest BCUT2D eigenvalue weighted by molar-refractivity contribution is 5.85. The predicted molar refractivity (Wildman–Crippen MR) is 81.8 cm³/mol. The molecule has 3 atom stereocenters. The molecule has 2 N–H and O–H groups in total. The van der Waals surface area contributed by atoms with Crippen LogP contribution in [0.25, 0.3) is 0 Å². The van der Waals surface area contributed by atoms with Crippen LogP contribution in [0.1, 0.15) is 31.4 Å². The topological polar surface area (TPSA) is 55.6 Å². The Morgan fingerprint density at radius 2 is 2.14 bits per heavy atom. The van der Waals surface area contributed by atoms with E-state index in [-0.39, 0.29) is 36.3 Å². The number of carbonyl (C=O) groups is 1. The van der Waals surface area contributed by atoms with E-state index in [4.69, 9.17) is 10.5 Å². The van der Waals surface area contributed by atoms with E-state index in [9.17, 15) is 9.18 Å². The third-order valence-electron chi connectivity index (χ3n) is 3.93. The molecule has 1 aliphatic rings. The number of rotatable bonds is 4. The van der Waals surface area contributed by atoms with Gasteiger partial charge in [0.1, 0.15) is 11.9 Å². The van der Waals surface area contributed by atoms with E-state index in [0.717, 1.165) is 6.42 Å². The zero-order chi connectivity index (χ0) is 14.7. The van der Waals surface area contributed by atoms with E-state index in [1.807, 2.05) is 6.92 Å². The summed E-state index contributed by atoms with van der Waals surface area (Å²) in [5, 5.41) is 0. The minimum absolute atomic E-state index is 0. The van der Waals surface area contributed by atoms with Gasteiger partial charge in [-0.25, -0.2) is 4.39 Å². The molecule has 2 rings (SSSR count). The number of halogens is 2. The Morgan fingerprint density at radius 3 is 2.71 bits per heavy atom.